The number of piperidine rings is 1. The number of benzene rings is 1. The highest BCUT2D eigenvalue weighted by Gasteiger charge is 2.29. The van der Waals surface area contributed by atoms with E-state index in [4.69, 9.17) is 5.73 Å². The molecule has 0 aliphatic carbocycles. The lowest BCUT2D eigenvalue weighted by Crippen LogP contribution is -2.48. The van der Waals surface area contributed by atoms with Crippen molar-refractivity contribution in [1.82, 2.24) is 4.90 Å². The van der Waals surface area contributed by atoms with Gasteiger partial charge < -0.3 is 20.8 Å². The number of nitrogens with zero attached hydrogens (tertiary/aromatic N) is 1. The van der Waals surface area contributed by atoms with E-state index in [0.29, 0.717) is 19.0 Å². The van der Waals surface area contributed by atoms with E-state index in [0.717, 1.165) is 6.42 Å². The van der Waals surface area contributed by atoms with Gasteiger partial charge in [-0.1, -0.05) is 13.0 Å². The predicted octanol–water partition coefficient (Wildman–Crippen LogP) is 0.907. The normalized spacial score (nSPS) is 24.0. The van der Waals surface area contributed by atoms with Gasteiger partial charge in [-0.25, -0.2) is 0 Å². The smallest absolute Gasteiger partial charge is 0.261 e. The maximum atomic E-state index is 12.3. The second kappa shape index (κ2) is 4.86. The molecule has 2 atom stereocenters. The molecule has 5 heteroatoms. The van der Waals surface area contributed by atoms with Crippen molar-refractivity contribution in [3.8, 4) is 11.5 Å². The number of carbonyl (C=O) groups is 1. The molecule has 2 rings (SSSR count). The molecule has 1 aromatic rings. The first kappa shape index (κ1) is 12.7. The second-order valence-corrected chi connectivity index (χ2v) is 4.98. The molecule has 2 unspecified atom stereocenters. The van der Waals surface area contributed by atoms with Crippen molar-refractivity contribution >= 4 is 5.91 Å². The van der Waals surface area contributed by atoms with Crippen LogP contribution in [0, 0.1) is 5.92 Å². The van der Waals surface area contributed by atoms with Crippen molar-refractivity contribution in [2.45, 2.75) is 19.4 Å². The highest BCUT2D eigenvalue weighted by Crippen LogP contribution is 2.29. The lowest BCUT2D eigenvalue weighted by atomic mass is 9.96. The summed E-state index contributed by atoms with van der Waals surface area (Å²) < 4.78 is 0. The van der Waals surface area contributed by atoms with Crippen LogP contribution in [0.25, 0.3) is 0 Å². The van der Waals surface area contributed by atoms with Crippen LogP contribution in [0.1, 0.15) is 23.7 Å². The Morgan fingerprint density at radius 1 is 1.33 bits per heavy atom. The van der Waals surface area contributed by atoms with Gasteiger partial charge in [0, 0.05) is 19.1 Å². The number of likely N-dealkylation sites (tertiary alicyclic amines) is 1. The van der Waals surface area contributed by atoms with Crippen LogP contribution < -0.4 is 5.73 Å². The van der Waals surface area contributed by atoms with Crippen molar-refractivity contribution in [1.29, 1.82) is 0 Å². The number of aromatic hydroxyl groups is 2. The number of nitrogens with two attached hydrogens (primary N) is 1. The zero-order chi connectivity index (χ0) is 13.3. The molecule has 1 aliphatic rings. The van der Waals surface area contributed by atoms with Crippen LogP contribution in [-0.4, -0.2) is 40.2 Å². The Bertz CT molecular complexity index is 431. The summed E-state index contributed by atoms with van der Waals surface area (Å²) in [4.78, 5) is 13.9. The zero-order valence-electron chi connectivity index (χ0n) is 10.3. The summed E-state index contributed by atoms with van der Waals surface area (Å²) in [7, 11) is 0. The number of rotatable bonds is 1. The van der Waals surface area contributed by atoms with Crippen LogP contribution in [0.4, 0.5) is 0 Å². The first-order valence-corrected chi connectivity index (χ1v) is 6.05. The van der Waals surface area contributed by atoms with Crippen LogP contribution in [-0.2, 0) is 0 Å². The number of phenols is 2. The lowest BCUT2D eigenvalue weighted by Gasteiger charge is -2.35. The van der Waals surface area contributed by atoms with Crippen molar-refractivity contribution in [2.24, 2.45) is 11.7 Å². The predicted molar refractivity (Wildman–Crippen MR) is 67.4 cm³/mol. The fraction of sp³-hybridized carbons (Fsp3) is 0.462. The summed E-state index contributed by atoms with van der Waals surface area (Å²) >= 11 is 0. The molecule has 1 saturated heterocycles. The molecule has 1 aromatic carbocycles. The maximum absolute atomic E-state index is 12.3. The van der Waals surface area contributed by atoms with E-state index in [1.807, 2.05) is 6.92 Å². The van der Waals surface area contributed by atoms with Crippen LogP contribution in [0.5, 0.6) is 11.5 Å². The van der Waals surface area contributed by atoms with E-state index < -0.39 is 0 Å². The molecule has 0 spiro atoms. The van der Waals surface area contributed by atoms with E-state index in [-0.39, 0.29) is 29.0 Å². The number of hydrogen-bond donors (Lipinski definition) is 3. The number of hydrogen-bond acceptors (Lipinski definition) is 4. The van der Waals surface area contributed by atoms with Crippen molar-refractivity contribution in [2.75, 3.05) is 13.1 Å². The highest BCUT2D eigenvalue weighted by molar-refractivity contribution is 5.99. The number of phenolic OH excluding ortho intramolecular Hbond substituents is 2. The molecule has 0 saturated carbocycles. The van der Waals surface area contributed by atoms with Crippen LogP contribution in [0.2, 0.25) is 0 Å². The van der Waals surface area contributed by atoms with E-state index >= 15 is 0 Å². The quantitative estimate of drug-likeness (QED) is 0.691. The fourth-order valence-corrected chi connectivity index (χ4v) is 2.47. The molecule has 1 heterocycles. The van der Waals surface area contributed by atoms with E-state index in [1.54, 1.807) is 4.90 Å². The minimum Gasteiger partial charge on any atom is -0.507 e. The topological polar surface area (TPSA) is 86.8 Å². The van der Waals surface area contributed by atoms with Crippen LogP contribution >= 0.6 is 0 Å². The molecule has 0 bridgehead atoms. The molecule has 4 N–H and O–H groups in total. The van der Waals surface area contributed by atoms with Gasteiger partial charge in [0.25, 0.3) is 5.91 Å². The Morgan fingerprint density at radius 3 is 2.50 bits per heavy atom. The summed E-state index contributed by atoms with van der Waals surface area (Å²) in [5.41, 5.74) is 5.85. The average molecular weight is 250 g/mol. The van der Waals surface area contributed by atoms with Crippen LogP contribution in [0.3, 0.4) is 0 Å². The molecule has 0 aromatic heterocycles. The molecule has 1 amide bonds. The third-order valence-corrected chi connectivity index (χ3v) is 3.21. The molecule has 98 valence electrons. The SMILES string of the molecule is CC1CC(N)CN(C(=O)c2c(O)cccc2O)C1. The largest absolute Gasteiger partial charge is 0.507 e. The van der Waals surface area contributed by atoms with Gasteiger partial charge in [-0.05, 0) is 24.5 Å². The maximum Gasteiger partial charge on any atom is 0.261 e. The number of carbonyl (C=O) groups excluding carboxylic acids is 1. The van der Waals surface area contributed by atoms with Gasteiger partial charge in [0.15, 0.2) is 0 Å². The van der Waals surface area contributed by atoms with Gasteiger partial charge in [0.05, 0.1) is 0 Å². The Hall–Kier alpha value is -1.75. The molecular weight excluding hydrogens is 232 g/mol. The summed E-state index contributed by atoms with van der Waals surface area (Å²) in [6, 6.07) is 4.22. The standard InChI is InChI=1S/C13H18N2O3/c1-8-5-9(14)7-15(6-8)13(18)12-10(16)3-2-4-11(12)17/h2-4,8-9,16-17H,5-7,14H2,1H3. The van der Waals surface area contributed by atoms with Crippen molar-refractivity contribution < 1.29 is 15.0 Å². The third-order valence-electron chi connectivity index (χ3n) is 3.21. The van der Waals surface area contributed by atoms with E-state index in [2.05, 4.69) is 0 Å². The summed E-state index contributed by atoms with van der Waals surface area (Å²) in [6.07, 6.45) is 0.885. The third kappa shape index (κ3) is 2.41. The van der Waals surface area contributed by atoms with Gasteiger partial charge in [-0.2, -0.15) is 0 Å². The minimum absolute atomic E-state index is 0.0428. The van der Waals surface area contributed by atoms with Crippen molar-refractivity contribution in [3.63, 3.8) is 0 Å². The Kier molecular flexibility index (Phi) is 3.43. The van der Waals surface area contributed by atoms with E-state index in [1.165, 1.54) is 18.2 Å². The first-order chi connectivity index (χ1) is 8.49. The van der Waals surface area contributed by atoms with Gasteiger partial charge in [0.1, 0.15) is 17.1 Å². The summed E-state index contributed by atoms with van der Waals surface area (Å²) in [6.45, 7) is 3.08. The molecular formula is C13H18N2O3. The Balaban J connectivity index is 2.26. The molecule has 1 aliphatic heterocycles. The van der Waals surface area contributed by atoms with Gasteiger partial charge >= 0.3 is 0 Å². The summed E-state index contributed by atoms with van der Waals surface area (Å²) in [5, 5.41) is 19.4. The Labute approximate surface area is 106 Å². The van der Waals surface area contributed by atoms with Crippen LogP contribution in [0.15, 0.2) is 18.2 Å². The molecule has 0 radical (unpaired) electrons. The molecule has 5 nitrogen and oxygen atoms in total. The lowest BCUT2D eigenvalue weighted by molar-refractivity contribution is 0.0654. The van der Waals surface area contributed by atoms with Gasteiger partial charge in [-0.15, -0.1) is 0 Å². The fourth-order valence-electron chi connectivity index (χ4n) is 2.47. The molecule has 18 heavy (non-hydrogen) atoms. The second-order valence-electron chi connectivity index (χ2n) is 4.98. The summed E-state index contributed by atoms with van der Waals surface area (Å²) in [5.74, 6) is -0.447. The Morgan fingerprint density at radius 2 is 1.94 bits per heavy atom. The monoisotopic (exact) mass is 250 g/mol. The number of amides is 1. The van der Waals surface area contributed by atoms with Gasteiger partial charge in [0.2, 0.25) is 0 Å². The first-order valence-electron chi connectivity index (χ1n) is 6.05. The van der Waals surface area contributed by atoms with E-state index in [9.17, 15) is 15.0 Å². The minimum atomic E-state index is -0.368. The highest BCUT2D eigenvalue weighted by atomic mass is 16.3. The average Bonchev–Trinajstić information content (AvgIpc) is 2.27. The van der Waals surface area contributed by atoms with Gasteiger partial charge in [-0.3, -0.25) is 4.79 Å². The van der Waals surface area contributed by atoms with Crippen molar-refractivity contribution in [3.05, 3.63) is 23.8 Å². The molecule has 1 fully saturated rings. The zero-order valence-corrected chi connectivity index (χ0v) is 10.3.